The van der Waals surface area contributed by atoms with Crippen LogP contribution in [0.2, 0.25) is 10.2 Å². The highest BCUT2D eigenvalue weighted by molar-refractivity contribution is 7.13. The SMILES string of the molecule is Cc1nc(Cl)c(C=CC(=O)O)n1Cc1ccc(-c2cccs2)cc1Cl. The zero-order valence-corrected chi connectivity index (χ0v) is 15.6. The second-order valence-corrected chi connectivity index (χ2v) is 7.09. The van der Waals surface area contributed by atoms with E-state index in [4.69, 9.17) is 28.3 Å². The largest absolute Gasteiger partial charge is 0.478 e. The van der Waals surface area contributed by atoms with Crippen LogP contribution in [0.5, 0.6) is 0 Å². The Morgan fingerprint density at radius 1 is 1.36 bits per heavy atom. The first-order valence-electron chi connectivity index (χ1n) is 7.41. The molecule has 0 saturated carbocycles. The van der Waals surface area contributed by atoms with E-state index in [-0.39, 0.29) is 5.15 Å². The van der Waals surface area contributed by atoms with Crippen LogP contribution in [0.25, 0.3) is 16.5 Å². The third kappa shape index (κ3) is 3.95. The maximum absolute atomic E-state index is 10.8. The van der Waals surface area contributed by atoms with E-state index in [1.165, 1.54) is 6.08 Å². The second-order valence-electron chi connectivity index (χ2n) is 5.38. The number of rotatable bonds is 5. The third-order valence-electron chi connectivity index (χ3n) is 3.72. The van der Waals surface area contributed by atoms with Gasteiger partial charge in [-0.25, -0.2) is 9.78 Å². The van der Waals surface area contributed by atoms with Crippen molar-refractivity contribution in [2.45, 2.75) is 13.5 Å². The van der Waals surface area contributed by atoms with Crippen LogP contribution >= 0.6 is 34.5 Å². The van der Waals surface area contributed by atoms with Gasteiger partial charge in [0.05, 0.1) is 12.2 Å². The predicted molar refractivity (Wildman–Crippen MR) is 103 cm³/mol. The average molecular weight is 393 g/mol. The van der Waals surface area contributed by atoms with Crippen LogP contribution in [0.15, 0.2) is 41.8 Å². The number of benzene rings is 1. The molecule has 1 N–H and O–H groups in total. The summed E-state index contributed by atoms with van der Waals surface area (Å²) >= 11 is 14.2. The summed E-state index contributed by atoms with van der Waals surface area (Å²) in [6.07, 6.45) is 2.49. The summed E-state index contributed by atoms with van der Waals surface area (Å²) in [4.78, 5) is 16.2. The molecule has 2 heterocycles. The molecule has 3 aromatic rings. The van der Waals surface area contributed by atoms with Crippen molar-refractivity contribution in [2.24, 2.45) is 0 Å². The summed E-state index contributed by atoms with van der Waals surface area (Å²) in [5.41, 5.74) is 2.51. The van der Waals surface area contributed by atoms with Gasteiger partial charge in [0, 0.05) is 16.0 Å². The fourth-order valence-electron chi connectivity index (χ4n) is 2.50. The van der Waals surface area contributed by atoms with Gasteiger partial charge in [-0.3, -0.25) is 0 Å². The number of hydrogen-bond donors (Lipinski definition) is 1. The summed E-state index contributed by atoms with van der Waals surface area (Å²) in [6, 6.07) is 9.97. The van der Waals surface area contributed by atoms with Crippen LogP contribution in [0, 0.1) is 6.92 Å². The molecule has 25 heavy (non-hydrogen) atoms. The number of carbonyl (C=O) groups is 1. The number of halogens is 2. The molecule has 0 aliphatic rings. The Labute approximate surface area is 159 Å². The molecule has 0 bridgehead atoms. The molecule has 4 nitrogen and oxygen atoms in total. The molecule has 0 saturated heterocycles. The fraction of sp³-hybridized carbons (Fsp3) is 0.111. The number of aryl methyl sites for hydroxylation is 1. The van der Waals surface area contributed by atoms with Crippen LogP contribution in [0.3, 0.4) is 0 Å². The Hall–Kier alpha value is -2.08. The standard InChI is InChI=1S/C18H14Cl2N2O2S/c1-11-21-18(20)15(6-7-17(23)24)22(11)10-13-5-4-12(9-14(13)19)16-3-2-8-25-16/h2-9H,10H2,1H3,(H,23,24). The molecule has 0 amide bonds. The monoisotopic (exact) mass is 392 g/mol. The van der Waals surface area contributed by atoms with Gasteiger partial charge in [0.15, 0.2) is 5.15 Å². The molecule has 0 fully saturated rings. The van der Waals surface area contributed by atoms with Crippen molar-refractivity contribution in [1.29, 1.82) is 0 Å². The Bertz CT molecular complexity index is 946. The minimum atomic E-state index is -1.04. The number of imidazole rings is 1. The minimum Gasteiger partial charge on any atom is -0.478 e. The number of hydrogen-bond acceptors (Lipinski definition) is 3. The van der Waals surface area contributed by atoms with Gasteiger partial charge >= 0.3 is 5.97 Å². The van der Waals surface area contributed by atoms with E-state index in [1.807, 2.05) is 47.2 Å². The van der Waals surface area contributed by atoms with Crippen molar-refractivity contribution in [2.75, 3.05) is 0 Å². The number of thiophene rings is 1. The highest BCUT2D eigenvalue weighted by Gasteiger charge is 2.13. The molecule has 3 rings (SSSR count). The average Bonchev–Trinajstić information content (AvgIpc) is 3.17. The molecule has 0 aliphatic heterocycles. The van der Waals surface area contributed by atoms with Crippen LogP contribution in [-0.2, 0) is 11.3 Å². The molecule has 0 atom stereocenters. The molecule has 0 aliphatic carbocycles. The summed E-state index contributed by atoms with van der Waals surface area (Å²) in [5.74, 6) is -0.353. The number of carboxylic acid groups (broad SMARTS) is 1. The highest BCUT2D eigenvalue weighted by Crippen LogP contribution is 2.30. The van der Waals surface area contributed by atoms with Crippen LogP contribution < -0.4 is 0 Å². The normalized spacial score (nSPS) is 11.3. The first-order valence-corrected chi connectivity index (χ1v) is 9.05. The molecular weight excluding hydrogens is 379 g/mol. The third-order valence-corrected chi connectivity index (χ3v) is 5.27. The van der Waals surface area contributed by atoms with E-state index >= 15 is 0 Å². The summed E-state index contributed by atoms with van der Waals surface area (Å²) in [7, 11) is 0. The minimum absolute atomic E-state index is 0.265. The van der Waals surface area contributed by atoms with E-state index in [1.54, 1.807) is 11.3 Å². The van der Waals surface area contributed by atoms with E-state index < -0.39 is 5.97 Å². The van der Waals surface area contributed by atoms with Crippen LogP contribution in [-0.4, -0.2) is 20.6 Å². The summed E-state index contributed by atoms with van der Waals surface area (Å²) in [6.45, 7) is 2.27. The number of aliphatic carboxylic acids is 1. The van der Waals surface area contributed by atoms with Gasteiger partial charge in [-0.15, -0.1) is 11.3 Å². The maximum atomic E-state index is 10.8. The van der Waals surface area contributed by atoms with Crippen molar-refractivity contribution < 1.29 is 9.90 Å². The van der Waals surface area contributed by atoms with Crippen molar-refractivity contribution in [3.63, 3.8) is 0 Å². The van der Waals surface area contributed by atoms with Gasteiger partial charge in [-0.05, 0) is 41.6 Å². The number of aromatic nitrogens is 2. The molecule has 0 radical (unpaired) electrons. The Morgan fingerprint density at radius 2 is 2.16 bits per heavy atom. The number of carboxylic acids is 1. The molecule has 128 valence electrons. The first kappa shape index (κ1) is 17.7. The van der Waals surface area contributed by atoms with Crippen molar-refractivity contribution >= 4 is 46.6 Å². The van der Waals surface area contributed by atoms with Gasteiger partial charge in [-0.1, -0.05) is 41.4 Å². The van der Waals surface area contributed by atoms with E-state index in [2.05, 4.69) is 4.98 Å². The van der Waals surface area contributed by atoms with Crippen molar-refractivity contribution in [3.05, 3.63) is 69.0 Å². The lowest BCUT2D eigenvalue weighted by Crippen LogP contribution is -2.05. The van der Waals surface area contributed by atoms with E-state index in [0.717, 1.165) is 22.1 Å². The highest BCUT2D eigenvalue weighted by atomic mass is 35.5. The lowest BCUT2D eigenvalue weighted by molar-refractivity contribution is -0.131. The van der Waals surface area contributed by atoms with Gasteiger partial charge in [0.25, 0.3) is 0 Å². The zero-order valence-electron chi connectivity index (χ0n) is 13.2. The van der Waals surface area contributed by atoms with Crippen molar-refractivity contribution in [3.8, 4) is 10.4 Å². The van der Waals surface area contributed by atoms with E-state index in [0.29, 0.717) is 23.1 Å². The smallest absolute Gasteiger partial charge is 0.328 e. The molecular formula is C18H14Cl2N2O2S. The predicted octanol–water partition coefficient (Wildman–Crippen LogP) is 5.37. The topological polar surface area (TPSA) is 55.1 Å². The Kier molecular flexibility index (Phi) is 5.27. The summed E-state index contributed by atoms with van der Waals surface area (Å²) in [5, 5.41) is 11.8. The zero-order chi connectivity index (χ0) is 18.0. The van der Waals surface area contributed by atoms with Crippen LogP contribution in [0.1, 0.15) is 17.1 Å². The van der Waals surface area contributed by atoms with Crippen LogP contribution in [0.4, 0.5) is 0 Å². The first-order chi connectivity index (χ1) is 12.0. The Balaban J connectivity index is 1.94. The van der Waals surface area contributed by atoms with Crippen molar-refractivity contribution in [1.82, 2.24) is 9.55 Å². The fourth-order valence-corrected chi connectivity index (χ4v) is 3.75. The van der Waals surface area contributed by atoms with Gasteiger partial charge in [-0.2, -0.15) is 0 Å². The van der Waals surface area contributed by atoms with Gasteiger partial charge in [0.1, 0.15) is 5.82 Å². The molecule has 2 aromatic heterocycles. The quantitative estimate of drug-likeness (QED) is 0.593. The second kappa shape index (κ2) is 7.44. The van der Waals surface area contributed by atoms with E-state index in [9.17, 15) is 4.79 Å². The number of nitrogens with zero attached hydrogens (tertiary/aromatic N) is 2. The van der Waals surface area contributed by atoms with Gasteiger partial charge in [0.2, 0.25) is 0 Å². The summed E-state index contributed by atoms with van der Waals surface area (Å²) < 4.78 is 1.84. The van der Waals surface area contributed by atoms with Gasteiger partial charge < -0.3 is 9.67 Å². The molecule has 0 unspecified atom stereocenters. The maximum Gasteiger partial charge on any atom is 0.328 e. The lowest BCUT2D eigenvalue weighted by atomic mass is 10.1. The lowest BCUT2D eigenvalue weighted by Gasteiger charge is -2.11. The molecule has 7 heteroatoms. The molecule has 1 aromatic carbocycles. The molecule has 0 spiro atoms. The Morgan fingerprint density at radius 3 is 2.80 bits per heavy atom.